The van der Waals surface area contributed by atoms with E-state index in [1.165, 1.54) is 11.1 Å². The summed E-state index contributed by atoms with van der Waals surface area (Å²) in [7, 11) is 0. The van der Waals surface area contributed by atoms with Crippen LogP contribution in [0.25, 0.3) is 11.4 Å². The summed E-state index contributed by atoms with van der Waals surface area (Å²) in [5.74, 6) is 2.11. The van der Waals surface area contributed by atoms with Crippen molar-refractivity contribution in [2.24, 2.45) is 0 Å². The highest BCUT2D eigenvalue weighted by atomic mass is 35.5. The fourth-order valence-electron chi connectivity index (χ4n) is 2.21. The highest BCUT2D eigenvalue weighted by Crippen LogP contribution is 2.26. The van der Waals surface area contributed by atoms with Crippen LogP contribution in [0.3, 0.4) is 0 Å². The topological polar surface area (TPSA) is 30.7 Å². The van der Waals surface area contributed by atoms with Crippen LogP contribution >= 0.6 is 11.6 Å². The molecule has 0 saturated heterocycles. The molecule has 0 N–H and O–H groups in total. The minimum absolute atomic E-state index is 0.296. The summed E-state index contributed by atoms with van der Waals surface area (Å²) < 4.78 is 2.10. The Morgan fingerprint density at radius 3 is 2.50 bits per heavy atom. The second kappa shape index (κ2) is 5.11. The maximum atomic E-state index is 5.92. The molecular weight excluding hydrogens is 246 g/mol. The Labute approximate surface area is 113 Å². The van der Waals surface area contributed by atoms with Crippen molar-refractivity contribution in [3.8, 4) is 11.4 Å². The average Bonchev–Trinajstić information content (AvgIpc) is 2.72. The number of hydrogen-bond acceptors (Lipinski definition) is 2. The molecule has 0 saturated carbocycles. The number of nitrogens with zero attached hydrogens (tertiary/aromatic N) is 3. The van der Waals surface area contributed by atoms with E-state index >= 15 is 0 Å². The van der Waals surface area contributed by atoms with Crippen molar-refractivity contribution in [2.45, 2.75) is 39.6 Å². The van der Waals surface area contributed by atoms with Crippen LogP contribution in [0.15, 0.2) is 18.2 Å². The van der Waals surface area contributed by atoms with Gasteiger partial charge in [0, 0.05) is 11.6 Å². The Kier molecular flexibility index (Phi) is 3.71. The predicted octanol–water partition coefficient (Wildman–Crippen LogP) is 3.88. The molecule has 0 radical (unpaired) electrons. The van der Waals surface area contributed by atoms with Crippen LogP contribution in [0.5, 0.6) is 0 Å². The van der Waals surface area contributed by atoms with Crippen molar-refractivity contribution in [1.29, 1.82) is 0 Å². The highest BCUT2D eigenvalue weighted by molar-refractivity contribution is 6.16. The van der Waals surface area contributed by atoms with Crippen molar-refractivity contribution in [1.82, 2.24) is 14.8 Å². The predicted molar refractivity (Wildman–Crippen MR) is 74.9 cm³/mol. The Morgan fingerprint density at radius 1 is 1.22 bits per heavy atom. The Hall–Kier alpha value is -1.35. The van der Waals surface area contributed by atoms with E-state index in [9.17, 15) is 0 Å². The second-order valence-corrected chi connectivity index (χ2v) is 5.12. The molecule has 96 valence electrons. The van der Waals surface area contributed by atoms with E-state index in [2.05, 4.69) is 60.7 Å². The van der Waals surface area contributed by atoms with Gasteiger partial charge >= 0.3 is 0 Å². The summed E-state index contributed by atoms with van der Waals surface area (Å²) in [6, 6.07) is 6.66. The number of aryl methyl sites for hydroxylation is 2. The molecule has 1 aromatic heterocycles. The monoisotopic (exact) mass is 263 g/mol. The van der Waals surface area contributed by atoms with Gasteiger partial charge in [0.05, 0.1) is 5.88 Å². The van der Waals surface area contributed by atoms with Crippen molar-refractivity contribution in [2.75, 3.05) is 0 Å². The number of halogens is 1. The molecule has 2 aromatic rings. The second-order valence-electron chi connectivity index (χ2n) is 4.86. The Balaban J connectivity index is 2.60. The van der Waals surface area contributed by atoms with Crippen LogP contribution in [-0.4, -0.2) is 14.8 Å². The third-order valence-electron chi connectivity index (χ3n) is 3.03. The fraction of sp³-hybridized carbons (Fsp3) is 0.429. The zero-order chi connectivity index (χ0) is 13.3. The molecule has 0 fully saturated rings. The summed E-state index contributed by atoms with van der Waals surface area (Å²) in [6.07, 6.45) is 0. The van der Waals surface area contributed by atoms with Gasteiger partial charge in [0.2, 0.25) is 0 Å². The molecule has 0 spiro atoms. The molecule has 1 heterocycles. The van der Waals surface area contributed by atoms with E-state index in [1.54, 1.807) is 0 Å². The molecule has 0 atom stereocenters. The highest BCUT2D eigenvalue weighted by Gasteiger charge is 2.16. The van der Waals surface area contributed by atoms with Gasteiger partial charge in [-0.1, -0.05) is 23.8 Å². The Bertz CT molecular complexity index is 558. The van der Waals surface area contributed by atoms with Crippen molar-refractivity contribution in [3.05, 3.63) is 35.2 Å². The minimum atomic E-state index is 0.296. The van der Waals surface area contributed by atoms with Crippen molar-refractivity contribution in [3.63, 3.8) is 0 Å². The van der Waals surface area contributed by atoms with Crippen LogP contribution < -0.4 is 0 Å². The van der Waals surface area contributed by atoms with Crippen LogP contribution in [0.4, 0.5) is 0 Å². The first-order valence-electron chi connectivity index (χ1n) is 6.12. The molecule has 3 nitrogen and oxygen atoms in total. The van der Waals surface area contributed by atoms with Gasteiger partial charge in [-0.15, -0.1) is 21.8 Å². The third kappa shape index (κ3) is 2.27. The summed E-state index contributed by atoms with van der Waals surface area (Å²) in [5.41, 5.74) is 3.59. The molecule has 0 unspecified atom stereocenters. The molecule has 0 aliphatic heterocycles. The van der Waals surface area contributed by atoms with Crippen LogP contribution in [0.1, 0.15) is 36.8 Å². The largest absolute Gasteiger partial charge is 0.307 e. The van der Waals surface area contributed by atoms with Gasteiger partial charge < -0.3 is 4.57 Å². The van der Waals surface area contributed by atoms with Crippen LogP contribution in [0.2, 0.25) is 0 Å². The quantitative estimate of drug-likeness (QED) is 0.787. The van der Waals surface area contributed by atoms with Crippen LogP contribution in [-0.2, 0) is 5.88 Å². The molecule has 0 aliphatic rings. The molecular formula is C14H18ClN3. The van der Waals surface area contributed by atoms with E-state index in [4.69, 9.17) is 11.6 Å². The smallest absolute Gasteiger partial charge is 0.164 e. The molecule has 0 aliphatic carbocycles. The van der Waals surface area contributed by atoms with Gasteiger partial charge in [0.1, 0.15) is 5.82 Å². The number of benzene rings is 1. The normalized spacial score (nSPS) is 11.2. The molecule has 2 rings (SSSR count). The van der Waals surface area contributed by atoms with E-state index < -0.39 is 0 Å². The zero-order valence-corrected chi connectivity index (χ0v) is 12.0. The zero-order valence-electron chi connectivity index (χ0n) is 11.2. The lowest BCUT2D eigenvalue weighted by Gasteiger charge is -2.14. The van der Waals surface area contributed by atoms with Gasteiger partial charge in [0.15, 0.2) is 5.82 Å². The van der Waals surface area contributed by atoms with E-state index in [0.717, 1.165) is 17.2 Å². The standard InChI is InChI=1S/C14H18ClN3/c1-9(2)18-13(8-15)16-17-14(18)12-6-5-10(3)7-11(12)4/h5-7,9H,8H2,1-4H3. The number of aromatic nitrogens is 3. The van der Waals surface area contributed by atoms with Gasteiger partial charge in [-0.2, -0.15) is 0 Å². The molecule has 0 bridgehead atoms. The molecule has 0 amide bonds. The lowest BCUT2D eigenvalue weighted by molar-refractivity contribution is 0.584. The lowest BCUT2D eigenvalue weighted by Crippen LogP contribution is -2.07. The fourth-order valence-corrected chi connectivity index (χ4v) is 2.39. The average molecular weight is 264 g/mol. The lowest BCUT2D eigenvalue weighted by atomic mass is 10.0. The van der Waals surface area contributed by atoms with Crippen molar-refractivity contribution < 1.29 is 0 Å². The van der Waals surface area contributed by atoms with Crippen molar-refractivity contribution >= 4 is 11.6 Å². The SMILES string of the molecule is Cc1ccc(-c2nnc(CCl)n2C(C)C)c(C)c1. The van der Waals surface area contributed by atoms with Gasteiger partial charge in [0.25, 0.3) is 0 Å². The number of alkyl halides is 1. The summed E-state index contributed by atoms with van der Waals surface area (Å²) in [6.45, 7) is 8.43. The van der Waals surface area contributed by atoms with Gasteiger partial charge in [-0.05, 0) is 33.3 Å². The molecule has 18 heavy (non-hydrogen) atoms. The first kappa shape index (κ1) is 13.1. The molecule has 4 heteroatoms. The number of hydrogen-bond donors (Lipinski definition) is 0. The first-order valence-corrected chi connectivity index (χ1v) is 6.65. The van der Waals surface area contributed by atoms with E-state index in [-0.39, 0.29) is 0 Å². The summed E-state index contributed by atoms with van der Waals surface area (Å²) >= 11 is 5.92. The Morgan fingerprint density at radius 2 is 1.94 bits per heavy atom. The van der Waals surface area contributed by atoms with E-state index in [0.29, 0.717) is 11.9 Å². The maximum Gasteiger partial charge on any atom is 0.164 e. The summed E-state index contributed by atoms with van der Waals surface area (Å²) in [4.78, 5) is 0. The number of rotatable bonds is 3. The maximum absolute atomic E-state index is 5.92. The van der Waals surface area contributed by atoms with Crippen LogP contribution in [0, 0.1) is 13.8 Å². The van der Waals surface area contributed by atoms with Gasteiger partial charge in [-0.3, -0.25) is 0 Å². The summed E-state index contributed by atoms with van der Waals surface area (Å²) in [5, 5.41) is 8.47. The molecule has 1 aromatic carbocycles. The first-order chi connectivity index (χ1) is 8.54. The van der Waals surface area contributed by atoms with E-state index in [1.807, 2.05) is 0 Å². The third-order valence-corrected chi connectivity index (χ3v) is 3.26. The minimum Gasteiger partial charge on any atom is -0.307 e. The van der Waals surface area contributed by atoms with Gasteiger partial charge in [-0.25, -0.2) is 0 Å².